The number of piperidine rings is 1. The van der Waals surface area contributed by atoms with Crippen molar-refractivity contribution >= 4 is 21.6 Å². The van der Waals surface area contributed by atoms with E-state index in [4.69, 9.17) is 9.26 Å². The van der Waals surface area contributed by atoms with E-state index in [2.05, 4.69) is 15.0 Å². The first kappa shape index (κ1) is 25.4. The average molecular weight is 526 g/mol. The minimum Gasteiger partial charge on any atom is -0.497 e. The molecule has 3 heterocycles. The van der Waals surface area contributed by atoms with Crippen molar-refractivity contribution < 1.29 is 22.5 Å². The number of benzene rings is 2. The van der Waals surface area contributed by atoms with E-state index in [1.54, 1.807) is 25.3 Å². The van der Waals surface area contributed by atoms with Gasteiger partial charge in [-0.3, -0.25) is 9.69 Å². The van der Waals surface area contributed by atoms with Crippen LogP contribution in [0.15, 0.2) is 51.9 Å². The summed E-state index contributed by atoms with van der Waals surface area (Å²) >= 11 is 0. The Morgan fingerprint density at radius 1 is 1.16 bits per heavy atom. The number of amides is 1. The molecule has 11 heteroatoms. The standard InChI is InChI=1S/C26H31N5O5S/c1-29(2)37(33,34)22-10-11-23-19(15-22)12-14-31(23)26(32)20-5-4-13-30(16-20)17-24-27-25(28-36-24)18-6-8-21(35-3)9-7-18/h6-11,15,20H,4-5,12-14,16-17H2,1-3H3. The van der Waals surface area contributed by atoms with Gasteiger partial charge in [0.05, 0.1) is 24.5 Å². The van der Waals surface area contributed by atoms with Gasteiger partial charge in [-0.1, -0.05) is 5.16 Å². The second-order valence-corrected chi connectivity index (χ2v) is 11.8. The maximum absolute atomic E-state index is 13.5. The number of hydrogen-bond acceptors (Lipinski definition) is 8. The second-order valence-electron chi connectivity index (χ2n) is 9.63. The Balaban J connectivity index is 1.24. The number of nitrogens with zero attached hydrogens (tertiary/aromatic N) is 5. The molecule has 0 aliphatic carbocycles. The Bertz CT molecular complexity index is 1390. The highest BCUT2D eigenvalue weighted by molar-refractivity contribution is 7.89. The number of carbonyl (C=O) groups is 1. The van der Waals surface area contributed by atoms with Crippen LogP contribution in [-0.2, 0) is 27.8 Å². The van der Waals surface area contributed by atoms with Crippen LogP contribution in [0.5, 0.6) is 5.75 Å². The fourth-order valence-corrected chi connectivity index (χ4v) is 5.92. The molecule has 1 fully saturated rings. The van der Waals surface area contributed by atoms with Crippen molar-refractivity contribution in [3.63, 3.8) is 0 Å². The Morgan fingerprint density at radius 3 is 2.68 bits per heavy atom. The fourth-order valence-electron chi connectivity index (χ4n) is 4.97. The summed E-state index contributed by atoms with van der Waals surface area (Å²) in [6.45, 7) is 2.50. The zero-order valence-electron chi connectivity index (χ0n) is 21.3. The van der Waals surface area contributed by atoms with Crippen molar-refractivity contribution in [2.75, 3.05) is 45.7 Å². The zero-order valence-corrected chi connectivity index (χ0v) is 22.1. The van der Waals surface area contributed by atoms with Gasteiger partial charge in [0.15, 0.2) is 0 Å². The quantitative estimate of drug-likeness (QED) is 0.463. The summed E-state index contributed by atoms with van der Waals surface area (Å²) < 4.78 is 36.9. The third-order valence-electron chi connectivity index (χ3n) is 7.02. The van der Waals surface area contributed by atoms with Crippen LogP contribution in [0.3, 0.4) is 0 Å². The normalized spacial score (nSPS) is 18.3. The molecule has 196 valence electrons. The summed E-state index contributed by atoms with van der Waals surface area (Å²) in [5.74, 6) is 1.73. The number of hydrogen-bond donors (Lipinski definition) is 0. The van der Waals surface area contributed by atoms with E-state index in [0.29, 0.717) is 37.8 Å². The summed E-state index contributed by atoms with van der Waals surface area (Å²) in [6, 6.07) is 12.5. The number of aromatic nitrogens is 2. The lowest BCUT2D eigenvalue weighted by Crippen LogP contribution is -2.44. The average Bonchev–Trinajstić information content (AvgIpc) is 3.55. The van der Waals surface area contributed by atoms with Crippen molar-refractivity contribution in [2.45, 2.75) is 30.7 Å². The van der Waals surface area contributed by atoms with Crippen LogP contribution in [0, 0.1) is 5.92 Å². The molecule has 2 aliphatic rings. The maximum Gasteiger partial charge on any atom is 0.242 e. The first-order valence-electron chi connectivity index (χ1n) is 12.3. The predicted octanol–water partition coefficient (Wildman–Crippen LogP) is 2.80. The van der Waals surface area contributed by atoms with Crippen molar-refractivity contribution in [3.05, 3.63) is 53.9 Å². The first-order chi connectivity index (χ1) is 17.8. The molecule has 0 radical (unpaired) electrons. The lowest BCUT2D eigenvalue weighted by Gasteiger charge is -2.33. The van der Waals surface area contributed by atoms with Crippen LogP contribution >= 0.6 is 0 Å². The number of rotatable bonds is 7. The van der Waals surface area contributed by atoms with Gasteiger partial charge in [-0.15, -0.1) is 0 Å². The van der Waals surface area contributed by atoms with Crippen LogP contribution in [-0.4, -0.2) is 74.5 Å². The highest BCUT2D eigenvalue weighted by Gasteiger charge is 2.34. The molecular weight excluding hydrogens is 494 g/mol. The third kappa shape index (κ3) is 5.11. The Kier molecular flexibility index (Phi) is 7.02. The van der Waals surface area contributed by atoms with Crippen LogP contribution in [0.2, 0.25) is 0 Å². The summed E-state index contributed by atoms with van der Waals surface area (Å²) in [6.07, 6.45) is 2.36. The van der Waals surface area contributed by atoms with E-state index in [1.807, 2.05) is 29.2 Å². The molecule has 0 spiro atoms. The molecule has 5 rings (SSSR count). The Labute approximate surface area is 216 Å². The molecule has 10 nitrogen and oxygen atoms in total. The van der Waals surface area contributed by atoms with Gasteiger partial charge in [0.25, 0.3) is 0 Å². The largest absolute Gasteiger partial charge is 0.497 e. The van der Waals surface area contributed by atoms with Crippen molar-refractivity contribution in [3.8, 4) is 17.1 Å². The predicted molar refractivity (Wildman–Crippen MR) is 138 cm³/mol. The molecular formula is C26H31N5O5S. The van der Waals surface area contributed by atoms with Crippen LogP contribution < -0.4 is 9.64 Å². The molecule has 2 aliphatic heterocycles. The molecule has 0 saturated carbocycles. The zero-order chi connectivity index (χ0) is 26.2. The van der Waals surface area contributed by atoms with E-state index < -0.39 is 10.0 Å². The molecule has 37 heavy (non-hydrogen) atoms. The van der Waals surface area contributed by atoms with Crippen molar-refractivity contribution in [1.29, 1.82) is 0 Å². The fraction of sp³-hybridized carbons (Fsp3) is 0.423. The summed E-state index contributed by atoms with van der Waals surface area (Å²) in [4.78, 5) is 22.3. The lowest BCUT2D eigenvalue weighted by molar-refractivity contribution is -0.124. The summed E-state index contributed by atoms with van der Waals surface area (Å²) in [5, 5.41) is 4.11. The SMILES string of the molecule is COc1ccc(-c2noc(CN3CCCC(C(=O)N4CCc5cc(S(=O)(=O)N(C)C)ccc54)C3)n2)cc1. The molecule has 1 unspecified atom stereocenters. The third-order valence-corrected chi connectivity index (χ3v) is 8.83. The number of sulfonamides is 1. The molecule has 1 aromatic heterocycles. The van der Waals surface area contributed by atoms with E-state index >= 15 is 0 Å². The van der Waals surface area contributed by atoms with Gasteiger partial charge >= 0.3 is 0 Å². The van der Waals surface area contributed by atoms with Gasteiger partial charge < -0.3 is 14.2 Å². The topological polar surface area (TPSA) is 109 Å². The highest BCUT2D eigenvalue weighted by Crippen LogP contribution is 2.33. The lowest BCUT2D eigenvalue weighted by atomic mass is 9.96. The maximum atomic E-state index is 13.5. The summed E-state index contributed by atoms with van der Waals surface area (Å²) in [5.41, 5.74) is 2.54. The minimum absolute atomic E-state index is 0.0797. The molecule has 1 saturated heterocycles. The van der Waals surface area contributed by atoms with Crippen molar-refractivity contribution in [2.24, 2.45) is 5.92 Å². The number of likely N-dealkylation sites (tertiary alicyclic amines) is 1. The molecule has 1 amide bonds. The van der Waals surface area contributed by atoms with Gasteiger partial charge in [0, 0.05) is 38.4 Å². The smallest absolute Gasteiger partial charge is 0.242 e. The first-order valence-corrected chi connectivity index (χ1v) is 13.8. The minimum atomic E-state index is -3.52. The van der Waals surface area contributed by atoms with Crippen molar-refractivity contribution in [1.82, 2.24) is 19.3 Å². The van der Waals surface area contributed by atoms with Gasteiger partial charge in [0.2, 0.25) is 27.6 Å². The van der Waals surface area contributed by atoms with E-state index in [1.165, 1.54) is 18.4 Å². The number of fused-ring (bicyclic) bond motifs is 1. The number of ether oxygens (including phenoxy) is 1. The molecule has 1 atom stereocenters. The number of methoxy groups -OCH3 is 1. The van der Waals surface area contributed by atoms with E-state index in [-0.39, 0.29) is 16.7 Å². The van der Waals surface area contributed by atoms with Crippen LogP contribution in [0.25, 0.3) is 11.4 Å². The van der Waals surface area contributed by atoms with Crippen LogP contribution in [0.1, 0.15) is 24.3 Å². The Hall–Kier alpha value is -3.28. The molecule has 0 N–H and O–H groups in total. The highest BCUT2D eigenvalue weighted by atomic mass is 32.2. The van der Waals surface area contributed by atoms with Gasteiger partial charge in [0.1, 0.15) is 5.75 Å². The number of carbonyl (C=O) groups excluding carboxylic acids is 1. The van der Waals surface area contributed by atoms with Crippen LogP contribution in [0.4, 0.5) is 5.69 Å². The summed E-state index contributed by atoms with van der Waals surface area (Å²) in [7, 11) is 1.14. The van der Waals surface area contributed by atoms with E-state index in [9.17, 15) is 13.2 Å². The van der Waals surface area contributed by atoms with Gasteiger partial charge in [-0.25, -0.2) is 12.7 Å². The second kappa shape index (κ2) is 10.2. The Morgan fingerprint density at radius 2 is 1.95 bits per heavy atom. The molecule has 2 aromatic carbocycles. The van der Waals surface area contributed by atoms with Gasteiger partial charge in [-0.05, 0) is 73.8 Å². The van der Waals surface area contributed by atoms with Gasteiger partial charge in [-0.2, -0.15) is 4.98 Å². The molecule has 3 aromatic rings. The molecule has 0 bridgehead atoms. The number of anilines is 1. The van der Waals surface area contributed by atoms with E-state index in [0.717, 1.165) is 42.0 Å². The monoisotopic (exact) mass is 525 g/mol.